The Morgan fingerprint density at radius 2 is 2.16 bits per heavy atom. The molecule has 0 radical (unpaired) electrons. The zero-order valence-corrected chi connectivity index (χ0v) is 11.1. The molecule has 3 nitrogen and oxygen atoms in total. The maximum atomic E-state index is 13.7. The van der Waals surface area contributed by atoms with Crippen molar-refractivity contribution in [3.8, 4) is 0 Å². The number of benzene rings is 1. The van der Waals surface area contributed by atoms with E-state index in [1.54, 1.807) is 18.2 Å². The van der Waals surface area contributed by atoms with Crippen molar-refractivity contribution in [3.63, 3.8) is 0 Å². The summed E-state index contributed by atoms with van der Waals surface area (Å²) in [6.07, 6.45) is 2.09. The molecule has 1 heterocycles. The van der Waals surface area contributed by atoms with Crippen LogP contribution in [-0.4, -0.2) is 27.4 Å². The van der Waals surface area contributed by atoms with E-state index in [0.29, 0.717) is 18.4 Å². The van der Waals surface area contributed by atoms with Gasteiger partial charge in [-0.3, -0.25) is 9.79 Å². The summed E-state index contributed by atoms with van der Waals surface area (Å²) in [5, 5.41) is 9.98. The number of thioether (sulfide) groups is 1. The molecule has 1 aliphatic carbocycles. The zero-order chi connectivity index (χ0) is 13.4. The van der Waals surface area contributed by atoms with E-state index in [-0.39, 0.29) is 23.0 Å². The van der Waals surface area contributed by atoms with Gasteiger partial charge in [0, 0.05) is 10.8 Å². The Labute approximate surface area is 114 Å². The second-order valence-corrected chi connectivity index (χ2v) is 6.21. The summed E-state index contributed by atoms with van der Waals surface area (Å²) in [4.78, 5) is 15.6. The number of halogens is 1. The Hall–Kier alpha value is -1.36. The smallest absolute Gasteiger partial charge is 0.306 e. The van der Waals surface area contributed by atoms with Gasteiger partial charge in [0.15, 0.2) is 0 Å². The third-order valence-corrected chi connectivity index (χ3v) is 5.11. The first-order chi connectivity index (χ1) is 9.15. The Balaban J connectivity index is 1.79. The lowest BCUT2D eigenvalue weighted by molar-refractivity contribution is -0.142. The van der Waals surface area contributed by atoms with Gasteiger partial charge in [-0.05, 0) is 31.4 Å². The van der Waals surface area contributed by atoms with Crippen molar-refractivity contribution in [2.45, 2.75) is 30.6 Å². The van der Waals surface area contributed by atoms with Gasteiger partial charge in [-0.1, -0.05) is 12.1 Å². The van der Waals surface area contributed by atoms with E-state index in [1.807, 2.05) is 0 Å². The van der Waals surface area contributed by atoms with Gasteiger partial charge < -0.3 is 5.11 Å². The quantitative estimate of drug-likeness (QED) is 0.905. The first-order valence-corrected chi connectivity index (χ1v) is 7.25. The highest BCUT2D eigenvalue weighted by Crippen LogP contribution is 2.41. The fraction of sp³-hybridized carbons (Fsp3) is 0.429. The topological polar surface area (TPSA) is 49.7 Å². The van der Waals surface area contributed by atoms with E-state index in [1.165, 1.54) is 17.8 Å². The predicted molar refractivity (Wildman–Crippen MR) is 73.1 cm³/mol. The van der Waals surface area contributed by atoms with Crippen LogP contribution in [0.25, 0.3) is 0 Å². The van der Waals surface area contributed by atoms with Crippen molar-refractivity contribution >= 4 is 22.8 Å². The van der Waals surface area contributed by atoms with E-state index >= 15 is 0 Å². The average molecular weight is 279 g/mol. The number of carboxylic acids is 1. The van der Waals surface area contributed by atoms with Crippen LogP contribution in [0.3, 0.4) is 0 Å². The maximum Gasteiger partial charge on any atom is 0.306 e. The lowest BCUT2D eigenvalue weighted by Gasteiger charge is -2.27. The summed E-state index contributed by atoms with van der Waals surface area (Å²) in [6, 6.07) is 6.76. The molecule has 1 aromatic carbocycles. The van der Waals surface area contributed by atoms with E-state index < -0.39 is 5.97 Å². The van der Waals surface area contributed by atoms with Crippen molar-refractivity contribution < 1.29 is 14.3 Å². The summed E-state index contributed by atoms with van der Waals surface area (Å²) < 4.78 is 13.7. The minimum absolute atomic E-state index is 0.148. The average Bonchev–Trinajstić information content (AvgIpc) is 2.81. The number of carbonyl (C=O) groups is 1. The van der Waals surface area contributed by atoms with Gasteiger partial charge in [-0.15, -0.1) is 11.8 Å². The third kappa shape index (κ3) is 2.39. The molecule has 19 heavy (non-hydrogen) atoms. The van der Waals surface area contributed by atoms with E-state index in [4.69, 9.17) is 5.11 Å². The summed E-state index contributed by atoms with van der Waals surface area (Å²) in [5.74, 6) is -1.26. The minimum atomic E-state index is -0.724. The SMILES string of the molecule is O=C(O)C1CCC2N=C(c3ccccc3F)SC2C1. The van der Waals surface area contributed by atoms with Crippen LogP contribution in [0.5, 0.6) is 0 Å². The van der Waals surface area contributed by atoms with Gasteiger partial charge in [0.25, 0.3) is 0 Å². The van der Waals surface area contributed by atoms with Gasteiger partial charge in [0.05, 0.1) is 12.0 Å². The van der Waals surface area contributed by atoms with Gasteiger partial charge in [-0.25, -0.2) is 4.39 Å². The number of carboxylic acid groups (broad SMARTS) is 1. The second-order valence-electron chi connectivity index (χ2n) is 4.99. The monoisotopic (exact) mass is 279 g/mol. The van der Waals surface area contributed by atoms with Gasteiger partial charge in [0.2, 0.25) is 0 Å². The van der Waals surface area contributed by atoms with Gasteiger partial charge in [0.1, 0.15) is 10.9 Å². The molecule has 3 atom stereocenters. The zero-order valence-electron chi connectivity index (χ0n) is 10.3. The maximum absolute atomic E-state index is 13.7. The largest absolute Gasteiger partial charge is 0.481 e. The molecule has 0 bridgehead atoms. The van der Waals surface area contributed by atoms with E-state index in [2.05, 4.69) is 4.99 Å². The predicted octanol–water partition coefficient (Wildman–Crippen LogP) is 2.94. The van der Waals surface area contributed by atoms with Crippen LogP contribution in [0.4, 0.5) is 4.39 Å². The normalized spacial score (nSPS) is 29.7. The number of aliphatic carboxylic acids is 1. The van der Waals surface area contributed by atoms with E-state index in [9.17, 15) is 9.18 Å². The van der Waals surface area contributed by atoms with Crippen LogP contribution in [-0.2, 0) is 4.79 Å². The molecule has 100 valence electrons. The molecule has 3 unspecified atom stereocenters. The molecule has 5 heteroatoms. The number of rotatable bonds is 2. The second kappa shape index (κ2) is 4.96. The summed E-state index contributed by atoms with van der Waals surface area (Å²) in [5.41, 5.74) is 0.536. The molecule has 0 amide bonds. The molecule has 1 saturated carbocycles. The molecule has 1 aliphatic heterocycles. The van der Waals surface area contributed by atoms with Gasteiger partial charge >= 0.3 is 5.97 Å². The van der Waals surface area contributed by atoms with Crippen molar-refractivity contribution in [3.05, 3.63) is 35.6 Å². The number of hydrogen-bond acceptors (Lipinski definition) is 3. The highest BCUT2D eigenvalue weighted by Gasteiger charge is 2.39. The van der Waals surface area contributed by atoms with Crippen molar-refractivity contribution in [1.82, 2.24) is 0 Å². The molecular formula is C14H14FNO2S. The summed E-state index contributed by atoms with van der Waals surface area (Å²) in [7, 11) is 0. The Kier molecular flexibility index (Phi) is 3.31. The highest BCUT2D eigenvalue weighted by atomic mass is 32.2. The highest BCUT2D eigenvalue weighted by molar-refractivity contribution is 8.15. The number of fused-ring (bicyclic) bond motifs is 1. The van der Waals surface area contributed by atoms with Crippen molar-refractivity contribution in [2.75, 3.05) is 0 Å². The van der Waals surface area contributed by atoms with Crippen LogP contribution >= 0.6 is 11.8 Å². The third-order valence-electron chi connectivity index (χ3n) is 3.76. The molecule has 1 fully saturated rings. The van der Waals surface area contributed by atoms with Crippen LogP contribution in [0.15, 0.2) is 29.3 Å². The first kappa shape index (κ1) is 12.7. The molecule has 2 aliphatic rings. The van der Waals surface area contributed by atoms with Gasteiger partial charge in [-0.2, -0.15) is 0 Å². The van der Waals surface area contributed by atoms with Crippen LogP contribution in [0.2, 0.25) is 0 Å². The first-order valence-electron chi connectivity index (χ1n) is 6.37. The van der Waals surface area contributed by atoms with Crippen LogP contribution in [0.1, 0.15) is 24.8 Å². The molecule has 0 spiro atoms. The lowest BCUT2D eigenvalue weighted by atomic mass is 9.86. The van der Waals surface area contributed by atoms with Crippen LogP contribution in [0, 0.1) is 11.7 Å². The number of aliphatic imine (C=N–C) groups is 1. The Morgan fingerprint density at radius 1 is 1.37 bits per heavy atom. The fourth-order valence-corrected chi connectivity index (χ4v) is 4.16. The minimum Gasteiger partial charge on any atom is -0.481 e. The molecule has 1 aromatic rings. The lowest BCUT2D eigenvalue weighted by Crippen LogP contribution is -2.31. The number of nitrogens with zero attached hydrogens (tertiary/aromatic N) is 1. The Morgan fingerprint density at radius 3 is 2.89 bits per heavy atom. The summed E-state index contributed by atoms with van der Waals surface area (Å²) >= 11 is 1.53. The molecule has 3 rings (SSSR count). The number of hydrogen-bond donors (Lipinski definition) is 1. The van der Waals surface area contributed by atoms with Crippen molar-refractivity contribution in [2.24, 2.45) is 10.9 Å². The summed E-state index contributed by atoms with van der Waals surface area (Å²) in [6.45, 7) is 0. The standard InChI is InChI=1S/C14H14FNO2S/c15-10-4-2-1-3-9(10)13-16-11-6-5-8(14(17)18)7-12(11)19-13/h1-4,8,11-12H,5-7H2,(H,17,18). The Bertz CT molecular complexity index is 546. The molecule has 0 aromatic heterocycles. The van der Waals surface area contributed by atoms with Crippen molar-refractivity contribution in [1.29, 1.82) is 0 Å². The molecular weight excluding hydrogens is 265 g/mol. The molecule has 0 saturated heterocycles. The van der Waals surface area contributed by atoms with Crippen LogP contribution < -0.4 is 0 Å². The molecule has 1 N–H and O–H groups in total. The van der Waals surface area contributed by atoms with E-state index in [0.717, 1.165) is 11.5 Å². The fourth-order valence-electron chi connectivity index (χ4n) is 2.70.